The van der Waals surface area contributed by atoms with E-state index < -0.39 is 33.6 Å². The zero-order valence-electron chi connectivity index (χ0n) is 47.6. The second-order valence-electron chi connectivity index (χ2n) is 22.7. The molecule has 0 bridgehead atoms. The number of carboxylic acid groups (broad SMARTS) is 1. The molecule has 2 aromatic heterocycles. The van der Waals surface area contributed by atoms with Gasteiger partial charge in [0.05, 0.1) is 24.2 Å². The summed E-state index contributed by atoms with van der Waals surface area (Å²) in [5.74, 6) is -0.575. The molecule has 428 valence electrons. The molecule has 1 aliphatic heterocycles. The van der Waals surface area contributed by atoms with Crippen molar-refractivity contribution >= 4 is 56.1 Å². The number of carbonyl (C=O) groups is 2. The lowest BCUT2D eigenvalue weighted by Gasteiger charge is -2.28. The molecule has 3 aliphatic rings. The molecule has 0 unspecified atom stereocenters. The largest absolute Gasteiger partial charge is 0.480 e. The number of aromatic nitrogens is 4. The fourth-order valence-electron chi connectivity index (χ4n) is 11.5. The summed E-state index contributed by atoms with van der Waals surface area (Å²) in [6.07, 6.45) is 18.5. The van der Waals surface area contributed by atoms with Crippen LogP contribution < -0.4 is 31.6 Å². The number of nitrogens with one attached hydrogen (secondary N) is 3. The number of H-pyrrole nitrogens is 1. The lowest BCUT2D eigenvalue weighted by Crippen LogP contribution is -2.41. The molecular weight excluding hydrogens is 1050 g/mol. The molecule has 17 heteroatoms. The molecule has 7 N–H and O–H groups in total. The number of allylic oxidation sites excluding steroid dienone is 9. The summed E-state index contributed by atoms with van der Waals surface area (Å²) < 4.78 is 39.9. The van der Waals surface area contributed by atoms with E-state index in [1.165, 1.54) is 51.0 Å². The van der Waals surface area contributed by atoms with Crippen molar-refractivity contribution in [2.45, 2.75) is 136 Å². The number of nitrogen functional groups attached to an aromatic ring is 1. The van der Waals surface area contributed by atoms with Gasteiger partial charge in [0, 0.05) is 40.0 Å². The maximum absolute atomic E-state index is 13.4. The molecule has 0 fully saturated rings. The molecule has 3 heterocycles. The first-order chi connectivity index (χ1) is 39.2. The third-order valence-electron chi connectivity index (χ3n) is 16.0. The van der Waals surface area contributed by atoms with Crippen LogP contribution in [0.3, 0.4) is 0 Å². The van der Waals surface area contributed by atoms with Crippen LogP contribution in [-0.4, -0.2) is 68.2 Å². The SMILES string of the molecule is CCCCCN1/C(=C/C=C2\CCCC(/C=C/C3=C(CCCCS(=O)(=O)O)c4ccc(C)cc4C3(C)C)=C2Oc2ccc(CC[C@@H](NC(=O)c3ccc(NCc4cnc5nc(N)[nH]c(=O)c5n4)cc3)C(=O)O)cc2)C(C)(C)c2ccccc21. The van der Waals surface area contributed by atoms with Gasteiger partial charge in [-0.15, -0.1) is 0 Å². The van der Waals surface area contributed by atoms with E-state index in [1.54, 1.807) is 24.3 Å². The fraction of sp³-hybridized carbons (Fsp3) is 0.354. The molecule has 16 nitrogen and oxygen atoms in total. The van der Waals surface area contributed by atoms with Gasteiger partial charge in [-0.05, 0) is 158 Å². The van der Waals surface area contributed by atoms with E-state index in [4.69, 9.17) is 10.5 Å². The number of fused-ring (bicyclic) bond motifs is 3. The van der Waals surface area contributed by atoms with Gasteiger partial charge in [-0.25, -0.2) is 14.8 Å². The number of hydrogen-bond donors (Lipinski definition) is 6. The summed E-state index contributed by atoms with van der Waals surface area (Å²) in [4.78, 5) is 55.7. The van der Waals surface area contributed by atoms with Crippen molar-refractivity contribution in [1.29, 1.82) is 0 Å². The van der Waals surface area contributed by atoms with Gasteiger partial charge < -0.3 is 31.1 Å². The predicted octanol–water partition coefficient (Wildman–Crippen LogP) is 12.0. The zero-order chi connectivity index (χ0) is 58.3. The van der Waals surface area contributed by atoms with E-state index >= 15 is 0 Å². The van der Waals surface area contributed by atoms with Gasteiger partial charge in [0.15, 0.2) is 11.2 Å². The molecule has 4 aromatic carbocycles. The van der Waals surface area contributed by atoms with Gasteiger partial charge in [0.1, 0.15) is 17.6 Å². The Kier molecular flexibility index (Phi) is 17.8. The van der Waals surface area contributed by atoms with Crippen molar-refractivity contribution in [2.24, 2.45) is 0 Å². The topological polar surface area (TPSA) is 243 Å². The molecule has 0 spiro atoms. The van der Waals surface area contributed by atoms with Crippen molar-refractivity contribution in [3.63, 3.8) is 0 Å². The Morgan fingerprint density at radius 1 is 0.890 bits per heavy atom. The standard InChI is InChI=1S/C65H74N8O8S/c1-7-8-12-36-73-55-19-10-9-18-52(55)65(5,6)56(73)35-27-44-16-14-15-43(26-33-51-49(17-11-13-37-82(78,79)80)50-32-20-41(2)38-53(50)64(51,3)4)58(44)81-48-30-21-42(22-31-48)23-34-54(62(76)77)70-60(74)45-24-28-46(29-25-45)67-39-47-40-68-59-57(69-47)61(75)72-63(66)71-59/h9-10,18-22,24-33,35,38,40,54,67H,7-8,11-17,23,34,36-37,39H2,1-6H3,(H,70,74)(H,76,77)(H,78,79,80)(H3,66,68,71,72,75)/b33-26+,44-27+,56-35+/t54-/m1/s1. The number of benzene rings is 4. The van der Waals surface area contributed by atoms with Crippen LogP contribution in [0.25, 0.3) is 16.7 Å². The molecule has 6 aromatic rings. The number of aromatic amines is 1. The van der Waals surface area contributed by atoms with Crippen molar-refractivity contribution in [3.8, 4) is 5.75 Å². The van der Waals surface area contributed by atoms with Crippen molar-refractivity contribution < 1.29 is 32.4 Å². The molecule has 1 amide bonds. The number of carbonyl (C=O) groups excluding carboxylic acids is 1. The van der Waals surface area contributed by atoms with Gasteiger partial charge in [-0.2, -0.15) is 13.4 Å². The Balaban J connectivity index is 0.946. The first kappa shape index (κ1) is 58.5. The highest BCUT2D eigenvalue weighted by Gasteiger charge is 2.40. The van der Waals surface area contributed by atoms with E-state index in [9.17, 15) is 32.5 Å². The van der Waals surface area contributed by atoms with Gasteiger partial charge in [0.2, 0.25) is 5.95 Å². The number of nitrogens with two attached hydrogens (primary N) is 1. The Hall–Kier alpha value is -8.15. The number of carboxylic acids is 1. The molecule has 82 heavy (non-hydrogen) atoms. The van der Waals surface area contributed by atoms with E-state index in [0.29, 0.717) is 42.8 Å². The maximum Gasteiger partial charge on any atom is 0.326 e. The van der Waals surface area contributed by atoms with Gasteiger partial charge in [0.25, 0.3) is 21.6 Å². The van der Waals surface area contributed by atoms with Crippen LogP contribution in [0, 0.1) is 6.92 Å². The Morgan fingerprint density at radius 3 is 2.40 bits per heavy atom. The van der Waals surface area contributed by atoms with E-state index in [0.717, 1.165) is 67.5 Å². The van der Waals surface area contributed by atoms with Crippen LogP contribution in [0.1, 0.15) is 143 Å². The number of rotatable bonds is 23. The van der Waals surface area contributed by atoms with Gasteiger partial charge in [-0.1, -0.05) is 120 Å². The van der Waals surface area contributed by atoms with Crippen LogP contribution in [0.2, 0.25) is 0 Å². The Labute approximate surface area is 480 Å². The van der Waals surface area contributed by atoms with E-state index in [1.807, 2.05) is 24.3 Å². The van der Waals surface area contributed by atoms with Crippen LogP contribution >= 0.6 is 0 Å². The smallest absolute Gasteiger partial charge is 0.326 e. The van der Waals surface area contributed by atoms with E-state index in [-0.39, 0.29) is 52.2 Å². The summed E-state index contributed by atoms with van der Waals surface area (Å²) in [6.45, 7) is 14.6. The first-order valence-electron chi connectivity index (χ1n) is 28.4. The quantitative estimate of drug-likeness (QED) is 0.0258. The minimum Gasteiger partial charge on any atom is -0.480 e. The van der Waals surface area contributed by atoms with Crippen LogP contribution in [0.5, 0.6) is 5.75 Å². The van der Waals surface area contributed by atoms with Gasteiger partial charge >= 0.3 is 5.97 Å². The summed E-state index contributed by atoms with van der Waals surface area (Å²) in [5, 5.41) is 16.1. The van der Waals surface area contributed by atoms with Crippen LogP contribution in [0.15, 0.2) is 154 Å². The number of para-hydroxylation sites is 1. The lowest BCUT2D eigenvalue weighted by atomic mass is 9.80. The second kappa shape index (κ2) is 24.9. The lowest BCUT2D eigenvalue weighted by molar-refractivity contribution is -0.139. The molecule has 2 aliphatic carbocycles. The van der Waals surface area contributed by atoms with Crippen molar-refractivity contribution in [1.82, 2.24) is 25.3 Å². The van der Waals surface area contributed by atoms with E-state index in [2.05, 4.69) is 144 Å². The fourth-order valence-corrected chi connectivity index (χ4v) is 12.1. The normalized spacial score (nSPS) is 17.0. The first-order valence-corrected chi connectivity index (χ1v) is 30.0. The highest BCUT2D eigenvalue weighted by molar-refractivity contribution is 7.85. The average molecular weight is 1130 g/mol. The number of aryl methyl sites for hydroxylation is 2. The number of anilines is 3. The highest BCUT2D eigenvalue weighted by Crippen LogP contribution is 2.50. The Bertz CT molecular complexity index is 3730. The molecule has 0 saturated heterocycles. The number of nitrogens with zero attached hydrogens (tertiary/aromatic N) is 4. The molecule has 0 saturated carbocycles. The summed E-state index contributed by atoms with van der Waals surface area (Å²) >= 11 is 0. The van der Waals surface area contributed by atoms with Crippen LogP contribution in [-0.2, 0) is 38.7 Å². The molecule has 0 radical (unpaired) electrons. The molecular formula is C65H74N8O8S. The van der Waals surface area contributed by atoms with Crippen molar-refractivity contribution in [3.05, 3.63) is 199 Å². The van der Waals surface area contributed by atoms with Gasteiger partial charge in [-0.3, -0.25) is 19.1 Å². The maximum atomic E-state index is 13.4. The highest BCUT2D eigenvalue weighted by atomic mass is 32.2. The van der Waals surface area contributed by atoms with Crippen LogP contribution in [0.4, 0.5) is 17.3 Å². The average Bonchev–Trinajstić information content (AvgIpc) is 2.96. The van der Waals surface area contributed by atoms with Crippen molar-refractivity contribution in [2.75, 3.05) is 28.2 Å². The summed E-state index contributed by atoms with van der Waals surface area (Å²) in [7, 11) is -4.07. The number of amides is 1. The number of aliphatic carboxylic acids is 1. The Morgan fingerprint density at radius 2 is 1.66 bits per heavy atom. The third kappa shape index (κ3) is 13.4. The number of ether oxygens (including phenoxy) is 1. The second-order valence-corrected chi connectivity index (χ2v) is 24.2. The molecule has 1 atom stereocenters. The third-order valence-corrected chi connectivity index (χ3v) is 16.8. The summed E-state index contributed by atoms with van der Waals surface area (Å²) in [6, 6.07) is 28.4. The number of hydrogen-bond acceptors (Lipinski definition) is 12. The monoisotopic (exact) mass is 1130 g/mol. The summed E-state index contributed by atoms with van der Waals surface area (Å²) in [5.41, 5.74) is 18.9. The predicted molar refractivity (Wildman–Crippen MR) is 324 cm³/mol. The zero-order valence-corrected chi connectivity index (χ0v) is 48.5. The minimum atomic E-state index is -4.07. The molecule has 9 rings (SSSR count). The number of unbranched alkanes of at least 4 members (excludes halogenated alkanes) is 3. The minimum absolute atomic E-state index is 0.0492.